The van der Waals surface area contributed by atoms with Gasteiger partial charge >= 0.3 is 5.97 Å². The van der Waals surface area contributed by atoms with Gasteiger partial charge in [0.1, 0.15) is 0 Å². The number of carbonyl (C=O) groups excluding carboxylic acids is 1. The van der Waals surface area contributed by atoms with Crippen molar-refractivity contribution >= 4 is 5.97 Å². The third-order valence-corrected chi connectivity index (χ3v) is 3.18. The van der Waals surface area contributed by atoms with Gasteiger partial charge in [-0.3, -0.25) is 9.69 Å². The Morgan fingerprint density at radius 2 is 1.89 bits per heavy atom. The predicted molar refractivity (Wildman–Crippen MR) is 73.2 cm³/mol. The summed E-state index contributed by atoms with van der Waals surface area (Å²) >= 11 is 0. The van der Waals surface area contributed by atoms with Crippen molar-refractivity contribution < 1.29 is 9.53 Å². The monoisotopic (exact) mass is 249 g/mol. The molecule has 0 unspecified atom stereocenters. The fourth-order valence-corrected chi connectivity index (χ4v) is 1.77. The van der Waals surface area contributed by atoms with Gasteiger partial charge in [0.2, 0.25) is 0 Å². The number of hydrogen-bond acceptors (Lipinski definition) is 3. The first-order chi connectivity index (χ1) is 8.45. The second-order valence-corrected chi connectivity index (χ2v) is 5.14. The van der Waals surface area contributed by atoms with E-state index in [9.17, 15) is 4.79 Å². The van der Waals surface area contributed by atoms with Gasteiger partial charge in [-0.15, -0.1) is 0 Å². The number of ether oxygens (including phenoxy) is 1. The molecule has 0 heterocycles. The molecule has 3 nitrogen and oxygen atoms in total. The van der Waals surface area contributed by atoms with Gasteiger partial charge in [0.25, 0.3) is 0 Å². The maximum Gasteiger partial charge on any atom is 0.307 e. The molecular formula is C15H23NO2. The summed E-state index contributed by atoms with van der Waals surface area (Å²) in [4.78, 5) is 13.7. The molecule has 18 heavy (non-hydrogen) atoms. The number of nitrogens with zero attached hydrogens (tertiary/aromatic N) is 1. The average molecular weight is 249 g/mol. The molecule has 3 heteroatoms. The second kappa shape index (κ2) is 6.55. The van der Waals surface area contributed by atoms with E-state index in [1.165, 1.54) is 5.56 Å². The Morgan fingerprint density at radius 1 is 1.28 bits per heavy atom. The van der Waals surface area contributed by atoms with Crippen LogP contribution in [0.3, 0.4) is 0 Å². The van der Waals surface area contributed by atoms with Crippen LogP contribution in [0.5, 0.6) is 0 Å². The summed E-state index contributed by atoms with van der Waals surface area (Å²) in [5.41, 5.74) is 1.04. The van der Waals surface area contributed by atoms with Gasteiger partial charge in [-0.2, -0.15) is 0 Å². The maximum absolute atomic E-state index is 11.6. The van der Waals surface area contributed by atoms with Crippen LogP contribution in [0.1, 0.15) is 32.8 Å². The largest absolute Gasteiger partial charge is 0.466 e. The van der Waals surface area contributed by atoms with Crippen LogP contribution in [0.2, 0.25) is 0 Å². The number of hydrogen-bond donors (Lipinski definition) is 0. The van der Waals surface area contributed by atoms with Crippen molar-refractivity contribution in [2.75, 3.05) is 13.7 Å². The molecule has 0 saturated heterocycles. The van der Waals surface area contributed by atoms with E-state index in [1.807, 2.05) is 32.2 Å². The summed E-state index contributed by atoms with van der Waals surface area (Å²) in [6.07, 6.45) is 0.407. The Morgan fingerprint density at radius 3 is 2.44 bits per heavy atom. The van der Waals surface area contributed by atoms with Crippen molar-refractivity contribution in [2.24, 2.45) is 0 Å². The molecule has 1 rings (SSSR count). The first kappa shape index (κ1) is 14.7. The first-order valence-electron chi connectivity index (χ1n) is 6.36. The lowest BCUT2D eigenvalue weighted by atomic mass is 9.98. The third kappa shape index (κ3) is 4.49. The Hall–Kier alpha value is -1.35. The van der Waals surface area contributed by atoms with Crippen LogP contribution in [0, 0.1) is 0 Å². The van der Waals surface area contributed by atoms with E-state index in [0.29, 0.717) is 13.0 Å². The normalized spacial score (nSPS) is 11.6. The zero-order chi connectivity index (χ0) is 13.6. The number of esters is 1. The molecule has 0 radical (unpaired) electrons. The predicted octanol–water partition coefficient (Wildman–Crippen LogP) is 2.85. The van der Waals surface area contributed by atoms with Crippen molar-refractivity contribution in [2.45, 2.75) is 39.3 Å². The van der Waals surface area contributed by atoms with Gasteiger partial charge in [-0.1, -0.05) is 30.3 Å². The molecule has 1 aromatic carbocycles. The van der Waals surface area contributed by atoms with Crippen LogP contribution in [0.4, 0.5) is 0 Å². The summed E-state index contributed by atoms with van der Waals surface area (Å²) in [5, 5.41) is 0. The number of rotatable bonds is 6. The van der Waals surface area contributed by atoms with Crippen LogP contribution in [0.25, 0.3) is 0 Å². The van der Waals surface area contributed by atoms with E-state index in [-0.39, 0.29) is 11.5 Å². The Labute approximate surface area is 110 Å². The Balaban J connectivity index is 2.58. The first-order valence-corrected chi connectivity index (χ1v) is 6.36. The zero-order valence-corrected chi connectivity index (χ0v) is 11.8. The highest BCUT2D eigenvalue weighted by Crippen LogP contribution is 2.20. The third-order valence-electron chi connectivity index (χ3n) is 3.18. The lowest BCUT2D eigenvalue weighted by molar-refractivity contribution is -0.145. The van der Waals surface area contributed by atoms with Crippen molar-refractivity contribution in [3.05, 3.63) is 35.9 Å². The molecule has 0 aliphatic heterocycles. The SMILES string of the molecule is CCOC(=O)CC(C)(C)N(C)Cc1ccccc1. The van der Waals surface area contributed by atoms with Crippen LogP contribution in [-0.2, 0) is 16.1 Å². The van der Waals surface area contributed by atoms with E-state index in [0.717, 1.165) is 6.54 Å². The quantitative estimate of drug-likeness (QED) is 0.726. The summed E-state index contributed by atoms with van der Waals surface area (Å²) in [6, 6.07) is 10.3. The lowest BCUT2D eigenvalue weighted by Gasteiger charge is -2.35. The van der Waals surface area contributed by atoms with Crippen molar-refractivity contribution in [1.82, 2.24) is 4.90 Å². The molecule has 0 fully saturated rings. The van der Waals surface area contributed by atoms with Crippen LogP contribution < -0.4 is 0 Å². The van der Waals surface area contributed by atoms with Crippen molar-refractivity contribution in [3.63, 3.8) is 0 Å². The van der Waals surface area contributed by atoms with Crippen LogP contribution >= 0.6 is 0 Å². The minimum atomic E-state index is -0.206. The standard InChI is InChI=1S/C15H23NO2/c1-5-18-14(17)11-15(2,3)16(4)12-13-9-7-6-8-10-13/h6-10H,5,11-12H2,1-4H3. The Bertz CT molecular complexity index is 373. The van der Waals surface area contributed by atoms with Gasteiger partial charge in [-0.05, 0) is 33.4 Å². The molecule has 0 aromatic heterocycles. The number of benzene rings is 1. The molecule has 1 aromatic rings. The minimum absolute atomic E-state index is 0.137. The van der Waals surface area contributed by atoms with Gasteiger partial charge < -0.3 is 4.74 Å². The summed E-state index contributed by atoms with van der Waals surface area (Å²) in [7, 11) is 2.03. The molecular weight excluding hydrogens is 226 g/mol. The molecule has 0 aliphatic carbocycles. The van der Waals surface area contributed by atoms with E-state index in [2.05, 4.69) is 30.9 Å². The second-order valence-electron chi connectivity index (χ2n) is 5.14. The van der Waals surface area contributed by atoms with Crippen molar-refractivity contribution in [1.29, 1.82) is 0 Å². The molecule has 0 saturated carbocycles. The Kier molecular flexibility index (Phi) is 5.35. The molecule has 0 atom stereocenters. The summed E-state index contributed by atoms with van der Waals surface area (Å²) in [5.74, 6) is -0.137. The molecule has 0 N–H and O–H groups in total. The highest BCUT2D eigenvalue weighted by Gasteiger charge is 2.27. The number of carbonyl (C=O) groups is 1. The molecule has 100 valence electrons. The lowest BCUT2D eigenvalue weighted by Crippen LogP contribution is -2.42. The topological polar surface area (TPSA) is 29.5 Å². The van der Waals surface area contributed by atoms with Crippen LogP contribution in [0.15, 0.2) is 30.3 Å². The van der Waals surface area contributed by atoms with Gasteiger partial charge in [-0.25, -0.2) is 0 Å². The highest BCUT2D eigenvalue weighted by molar-refractivity contribution is 5.70. The average Bonchev–Trinajstić information content (AvgIpc) is 2.29. The smallest absolute Gasteiger partial charge is 0.307 e. The van der Waals surface area contributed by atoms with E-state index in [1.54, 1.807) is 0 Å². The van der Waals surface area contributed by atoms with E-state index in [4.69, 9.17) is 4.74 Å². The molecule has 0 aliphatic rings. The minimum Gasteiger partial charge on any atom is -0.466 e. The summed E-state index contributed by atoms with van der Waals surface area (Å²) in [6.45, 7) is 7.23. The van der Waals surface area contributed by atoms with E-state index >= 15 is 0 Å². The summed E-state index contributed by atoms with van der Waals surface area (Å²) < 4.78 is 5.01. The fraction of sp³-hybridized carbons (Fsp3) is 0.533. The molecule has 0 spiro atoms. The zero-order valence-electron chi connectivity index (χ0n) is 11.8. The fourth-order valence-electron chi connectivity index (χ4n) is 1.77. The van der Waals surface area contributed by atoms with Gasteiger partial charge in [0, 0.05) is 12.1 Å². The van der Waals surface area contributed by atoms with Gasteiger partial charge in [0.15, 0.2) is 0 Å². The maximum atomic E-state index is 11.6. The molecule has 0 bridgehead atoms. The van der Waals surface area contributed by atoms with Crippen molar-refractivity contribution in [3.8, 4) is 0 Å². The van der Waals surface area contributed by atoms with E-state index < -0.39 is 0 Å². The van der Waals surface area contributed by atoms with Crippen LogP contribution in [-0.4, -0.2) is 30.1 Å². The van der Waals surface area contributed by atoms with Gasteiger partial charge in [0.05, 0.1) is 13.0 Å². The highest BCUT2D eigenvalue weighted by atomic mass is 16.5. The molecule has 0 amide bonds.